The van der Waals surface area contributed by atoms with Crippen LogP contribution >= 0.6 is 0 Å². The number of carbonyl (C=O) groups is 1. The monoisotopic (exact) mass is 316 g/mol. The van der Waals surface area contributed by atoms with Crippen LogP contribution in [0, 0.1) is 5.92 Å². The van der Waals surface area contributed by atoms with Crippen LogP contribution < -0.4 is 5.43 Å². The Labute approximate surface area is 139 Å². The van der Waals surface area contributed by atoms with E-state index < -0.39 is 0 Å². The van der Waals surface area contributed by atoms with Crippen LogP contribution in [0.5, 0.6) is 0 Å². The maximum atomic E-state index is 12.1. The molecule has 1 saturated carbocycles. The third-order valence-corrected chi connectivity index (χ3v) is 4.19. The van der Waals surface area contributed by atoms with Gasteiger partial charge < -0.3 is 0 Å². The first-order valence-corrected chi connectivity index (χ1v) is 7.91. The molecule has 1 amide bonds. The van der Waals surface area contributed by atoms with Gasteiger partial charge in [-0.05, 0) is 30.0 Å². The molecule has 1 heterocycles. The standard InChI is InChI=1S/C19H16N4O/c24-19(16-10-15(16)13-6-2-1-3-7-13)23-21-12-14-11-20-17-8-4-5-9-18(17)22-14/h1-9,11-12,15-16H,10H2,(H,23,24)/b21-12+/t15-,16+/m1/s1. The van der Waals surface area contributed by atoms with Gasteiger partial charge in [-0.1, -0.05) is 42.5 Å². The normalized spacial score (nSPS) is 19.5. The molecule has 0 bridgehead atoms. The number of nitrogens with zero attached hydrogens (tertiary/aromatic N) is 3. The van der Waals surface area contributed by atoms with Crippen molar-refractivity contribution in [1.29, 1.82) is 0 Å². The third-order valence-electron chi connectivity index (χ3n) is 4.19. The van der Waals surface area contributed by atoms with E-state index >= 15 is 0 Å². The zero-order valence-electron chi connectivity index (χ0n) is 13.0. The van der Waals surface area contributed by atoms with E-state index in [9.17, 15) is 4.79 Å². The zero-order valence-corrected chi connectivity index (χ0v) is 13.0. The van der Waals surface area contributed by atoms with Gasteiger partial charge in [-0.25, -0.2) is 10.4 Å². The first-order valence-electron chi connectivity index (χ1n) is 7.91. The molecule has 5 heteroatoms. The SMILES string of the molecule is O=C(N/N=C/c1cnc2ccccc2n1)[C@H]1C[C@@H]1c1ccccc1. The highest BCUT2D eigenvalue weighted by atomic mass is 16.2. The minimum Gasteiger partial charge on any atom is -0.273 e. The zero-order chi connectivity index (χ0) is 16.4. The Morgan fingerprint density at radius 3 is 2.67 bits per heavy atom. The van der Waals surface area contributed by atoms with Crippen molar-refractivity contribution in [3.05, 3.63) is 72.1 Å². The van der Waals surface area contributed by atoms with E-state index in [2.05, 4.69) is 32.6 Å². The van der Waals surface area contributed by atoms with Gasteiger partial charge in [0.1, 0.15) is 5.69 Å². The van der Waals surface area contributed by atoms with Crippen molar-refractivity contribution in [1.82, 2.24) is 15.4 Å². The van der Waals surface area contributed by atoms with E-state index in [-0.39, 0.29) is 11.8 Å². The quantitative estimate of drug-likeness (QED) is 0.594. The molecule has 24 heavy (non-hydrogen) atoms. The number of para-hydroxylation sites is 2. The summed E-state index contributed by atoms with van der Waals surface area (Å²) in [4.78, 5) is 20.9. The summed E-state index contributed by atoms with van der Waals surface area (Å²) in [5.74, 6) is 0.267. The lowest BCUT2D eigenvalue weighted by Crippen LogP contribution is -2.20. The van der Waals surface area contributed by atoms with Gasteiger partial charge in [0.15, 0.2) is 0 Å². The summed E-state index contributed by atoms with van der Waals surface area (Å²) in [5, 5.41) is 4.01. The summed E-state index contributed by atoms with van der Waals surface area (Å²) in [6.07, 6.45) is 4.04. The summed E-state index contributed by atoms with van der Waals surface area (Å²) < 4.78 is 0. The van der Waals surface area contributed by atoms with Crippen LogP contribution in [0.1, 0.15) is 23.6 Å². The van der Waals surface area contributed by atoms with Crippen LogP contribution in [-0.2, 0) is 4.79 Å². The van der Waals surface area contributed by atoms with Gasteiger partial charge in [0.05, 0.1) is 23.4 Å². The minimum absolute atomic E-state index is 0.00670. The van der Waals surface area contributed by atoms with Crippen LogP contribution in [0.4, 0.5) is 0 Å². The second-order valence-corrected chi connectivity index (χ2v) is 5.88. The van der Waals surface area contributed by atoms with Crippen molar-refractivity contribution in [2.45, 2.75) is 12.3 Å². The summed E-state index contributed by atoms with van der Waals surface area (Å²) in [6, 6.07) is 17.7. The Hall–Kier alpha value is -3.08. The van der Waals surface area contributed by atoms with Gasteiger partial charge in [0.25, 0.3) is 0 Å². The Balaban J connectivity index is 1.37. The Morgan fingerprint density at radius 2 is 1.83 bits per heavy atom. The highest BCUT2D eigenvalue weighted by Crippen LogP contribution is 2.47. The predicted octanol–water partition coefficient (Wildman–Crippen LogP) is 2.88. The summed E-state index contributed by atoms with van der Waals surface area (Å²) >= 11 is 0. The summed E-state index contributed by atoms with van der Waals surface area (Å²) in [5.41, 5.74) is 6.07. The first-order chi connectivity index (χ1) is 11.8. The molecule has 1 N–H and O–H groups in total. The van der Waals surface area contributed by atoms with Gasteiger partial charge in [0.2, 0.25) is 5.91 Å². The van der Waals surface area contributed by atoms with Crippen molar-refractivity contribution in [2.24, 2.45) is 11.0 Å². The summed E-state index contributed by atoms with van der Waals surface area (Å²) in [6.45, 7) is 0. The average molecular weight is 316 g/mol. The lowest BCUT2D eigenvalue weighted by atomic mass is 10.1. The molecule has 3 aromatic rings. The van der Waals surface area contributed by atoms with Gasteiger partial charge >= 0.3 is 0 Å². The smallest absolute Gasteiger partial charge is 0.243 e. The van der Waals surface area contributed by atoms with Crippen molar-refractivity contribution < 1.29 is 4.79 Å². The van der Waals surface area contributed by atoms with Crippen LogP contribution in [0.25, 0.3) is 11.0 Å². The number of nitrogens with one attached hydrogen (secondary N) is 1. The van der Waals surface area contributed by atoms with E-state index in [1.807, 2.05) is 42.5 Å². The van der Waals surface area contributed by atoms with E-state index in [0.717, 1.165) is 17.5 Å². The predicted molar refractivity (Wildman–Crippen MR) is 92.6 cm³/mol. The number of hydrogen-bond donors (Lipinski definition) is 1. The maximum absolute atomic E-state index is 12.1. The highest BCUT2D eigenvalue weighted by molar-refractivity contribution is 5.86. The van der Waals surface area contributed by atoms with Crippen LogP contribution in [0.3, 0.4) is 0 Å². The second kappa shape index (κ2) is 6.20. The molecule has 0 spiro atoms. The molecular weight excluding hydrogens is 300 g/mol. The molecule has 1 aromatic heterocycles. The molecule has 118 valence electrons. The largest absolute Gasteiger partial charge is 0.273 e. The molecule has 0 saturated heterocycles. The molecule has 5 nitrogen and oxygen atoms in total. The van der Waals surface area contributed by atoms with Crippen LogP contribution in [0.15, 0.2) is 65.9 Å². The fourth-order valence-electron chi connectivity index (χ4n) is 2.83. The third kappa shape index (κ3) is 3.01. The average Bonchev–Trinajstić information content (AvgIpc) is 3.43. The molecule has 1 aliphatic rings. The molecule has 1 aliphatic carbocycles. The van der Waals surface area contributed by atoms with Crippen molar-refractivity contribution >= 4 is 23.2 Å². The van der Waals surface area contributed by atoms with E-state index in [1.54, 1.807) is 6.20 Å². The lowest BCUT2D eigenvalue weighted by molar-refractivity contribution is -0.122. The number of fused-ring (bicyclic) bond motifs is 1. The fourth-order valence-corrected chi connectivity index (χ4v) is 2.83. The highest BCUT2D eigenvalue weighted by Gasteiger charge is 2.43. The van der Waals surface area contributed by atoms with Gasteiger partial charge in [-0.3, -0.25) is 9.78 Å². The van der Waals surface area contributed by atoms with E-state index in [0.29, 0.717) is 11.6 Å². The van der Waals surface area contributed by atoms with Crippen molar-refractivity contribution in [3.8, 4) is 0 Å². The molecular formula is C19H16N4O. The van der Waals surface area contributed by atoms with E-state index in [4.69, 9.17) is 0 Å². The van der Waals surface area contributed by atoms with Crippen LogP contribution in [0.2, 0.25) is 0 Å². The number of rotatable bonds is 4. The Kier molecular flexibility index (Phi) is 3.75. The fraction of sp³-hybridized carbons (Fsp3) is 0.158. The second-order valence-electron chi connectivity index (χ2n) is 5.88. The van der Waals surface area contributed by atoms with Gasteiger partial charge in [-0.2, -0.15) is 5.10 Å². The molecule has 0 radical (unpaired) electrons. The van der Waals surface area contributed by atoms with E-state index in [1.165, 1.54) is 11.8 Å². The molecule has 0 unspecified atom stereocenters. The number of amides is 1. The minimum atomic E-state index is -0.0474. The molecule has 4 rings (SSSR count). The maximum Gasteiger partial charge on any atom is 0.243 e. The van der Waals surface area contributed by atoms with Gasteiger partial charge in [-0.15, -0.1) is 0 Å². The topological polar surface area (TPSA) is 67.2 Å². The summed E-state index contributed by atoms with van der Waals surface area (Å²) in [7, 11) is 0. The van der Waals surface area contributed by atoms with Crippen molar-refractivity contribution in [3.63, 3.8) is 0 Å². The number of aromatic nitrogens is 2. The number of benzene rings is 2. The molecule has 2 aromatic carbocycles. The number of carbonyl (C=O) groups excluding carboxylic acids is 1. The number of hydrogen-bond acceptors (Lipinski definition) is 4. The number of hydrazone groups is 1. The lowest BCUT2D eigenvalue weighted by Gasteiger charge is -2.00. The molecule has 1 fully saturated rings. The Bertz CT molecular complexity index is 907. The first kappa shape index (κ1) is 14.5. The van der Waals surface area contributed by atoms with Crippen molar-refractivity contribution in [2.75, 3.05) is 0 Å². The molecule has 2 atom stereocenters. The Morgan fingerprint density at radius 1 is 1.08 bits per heavy atom. The molecule has 0 aliphatic heterocycles. The van der Waals surface area contributed by atoms with Crippen LogP contribution in [-0.4, -0.2) is 22.1 Å². The van der Waals surface area contributed by atoms with Gasteiger partial charge in [0, 0.05) is 5.92 Å².